The third-order valence-electron chi connectivity index (χ3n) is 3.70. The Kier molecular flexibility index (Phi) is 5.31. The minimum absolute atomic E-state index is 0.0123. The van der Waals surface area contributed by atoms with Crippen LogP contribution in [0.2, 0.25) is 0 Å². The van der Waals surface area contributed by atoms with Crippen molar-refractivity contribution in [1.29, 1.82) is 0 Å². The van der Waals surface area contributed by atoms with E-state index in [0.29, 0.717) is 5.75 Å². The van der Waals surface area contributed by atoms with Crippen LogP contribution in [0.25, 0.3) is 0 Å². The molecule has 0 unspecified atom stereocenters. The summed E-state index contributed by atoms with van der Waals surface area (Å²) in [6.45, 7) is 0.0337. The first-order chi connectivity index (χ1) is 9.67. The van der Waals surface area contributed by atoms with Crippen molar-refractivity contribution in [3.05, 3.63) is 24.3 Å². The number of carbonyl (C=O) groups excluding carboxylic acids is 1. The Morgan fingerprint density at radius 1 is 1.35 bits per heavy atom. The van der Waals surface area contributed by atoms with Crippen molar-refractivity contribution in [1.82, 2.24) is 5.32 Å². The summed E-state index contributed by atoms with van der Waals surface area (Å²) in [5.74, 6) is 1.17. The Balaban J connectivity index is 1.82. The highest BCUT2D eigenvalue weighted by atomic mass is 32.2. The average molecular weight is 295 g/mol. The highest BCUT2D eigenvalue weighted by Gasteiger charge is 2.34. The zero-order valence-electron chi connectivity index (χ0n) is 11.7. The number of carbonyl (C=O) groups is 1. The highest BCUT2D eigenvalue weighted by Crippen LogP contribution is 2.29. The Labute approximate surface area is 123 Å². The van der Waals surface area contributed by atoms with Gasteiger partial charge in [0.15, 0.2) is 0 Å². The second-order valence-electron chi connectivity index (χ2n) is 5.16. The SMILES string of the molecule is COc1ccc(SCC(=O)NC2(CO)CCCC2)cc1. The van der Waals surface area contributed by atoms with Crippen molar-refractivity contribution in [2.75, 3.05) is 19.5 Å². The smallest absolute Gasteiger partial charge is 0.230 e. The molecule has 20 heavy (non-hydrogen) atoms. The lowest BCUT2D eigenvalue weighted by Gasteiger charge is -2.27. The summed E-state index contributed by atoms with van der Waals surface area (Å²) in [5, 5.41) is 12.5. The number of ether oxygens (including phenoxy) is 1. The fourth-order valence-electron chi connectivity index (χ4n) is 2.53. The van der Waals surface area contributed by atoms with Crippen molar-refractivity contribution >= 4 is 17.7 Å². The van der Waals surface area contributed by atoms with Gasteiger partial charge in [-0.15, -0.1) is 11.8 Å². The third-order valence-corrected chi connectivity index (χ3v) is 4.71. The van der Waals surface area contributed by atoms with Crippen LogP contribution < -0.4 is 10.1 Å². The molecule has 4 nitrogen and oxygen atoms in total. The van der Waals surface area contributed by atoms with E-state index in [2.05, 4.69) is 5.32 Å². The van der Waals surface area contributed by atoms with Crippen LogP contribution in [-0.2, 0) is 4.79 Å². The zero-order valence-corrected chi connectivity index (χ0v) is 12.5. The van der Waals surface area contributed by atoms with Crippen molar-refractivity contribution in [2.24, 2.45) is 0 Å². The van der Waals surface area contributed by atoms with E-state index in [0.717, 1.165) is 36.3 Å². The van der Waals surface area contributed by atoms with Crippen molar-refractivity contribution in [2.45, 2.75) is 36.1 Å². The van der Waals surface area contributed by atoms with Crippen LogP contribution in [0.3, 0.4) is 0 Å². The number of thioether (sulfide) groups is 1. The van der Waals surface area contributed by atoms with Gasteiger partial charge < -0.3 is 15.2 Å². The lowest BCUT2D eigenvalue weighted by Crippen LogP contribution is -2.49. The molecule has 1 fully saturated rings. The number of hydrogen-bond acceptors (Lipinski definition) is 4. The van der Waals surface area contributed by atoms with Gasteiger partial charge in [-0.2, -0.15) is 0 Å². The molecule has 0 spiro atoms. The van der Waals surface area contributed by atoms with Gasteiger partial charge in [-0.25, -0.2) is 0 Å². The maximum absolute atomic E-state index is 12.0. The predicted octanol–water partition coefficient (Wildman–Crippen LogP) is 2.21. The summed E-state index contributed by atoms with van der Waals surface area (Å²) in [4.78, 5) is 13.0. The topological polar surface area (TPSA) is 58.6 Å². The fraction of sp³-hybridized carbons (Fsp3) is 0.533. The molecule has 5 heteroatoms. The summed E-state index contributed by atoms with van der Waals surface area (Å²) in [6, 6.07) is 7.64. The minimum atomic E-state index is -0.377. The van der Waals surface area contributed by atoms with Crippen molar-refractivity contribution in [3.63, 3.8) is 0 Å². The number of aliphatic hydroxyl groups excluding tert-OH is 1. The first kappa shape index (κ1) is 15.2. The number of benzene rings is 1. The second kappa shape index (κ2) is 6.99. The molecule has 0 atom stereocenters. The van der Waals surface area contributed by atoms with Gasteiger partial charge in [-0.1, -0.05) is 12.8 Å². The summed E-state index contributed by atoms with van der Waals surface area (Å²) in [5.41, 5.74) is -0.377. The lowest BCUT2D eigenvalue weighted by molar-refractivity contribution is -0.121. The molecule has 1 amide bonds. The van der Waals surface area contributed by atoms with Crippen molar-refractivity contribution in [3.8, 4) is 5.75 Å². The second-order valence-corrected chi connectivity index (χ2v) is 6.21. The Morgan fingerprint density at radius 3 is 2.55 bits per heavy atom. The molecule has 110 valence electrons. The molecule has 0 heterocycles. The molecule has 1 aromatic rings. The van der Waals surface area contributed by atoms with E-state index >= 15 is 0 Å². The molecule has 0 radical (unpaired) electrons. The number of amides is 1. The van der Waals surface area contributed by atoms with Crippen LogP contribution in [0.15, 0.2) is 29.2 Å². The molecule has 1 saturated carbocycles. The van der Waals surface area contributed by atoms with E-state index in [1.165, 1.54) is 11.8 Å². The average Bonchev–Trinajstić information content (AvgIpc) is 2.95. The van der Waals surface area contributed by atoms with Crippen LogP contribution >= 0.6 is 11.8 Å². The van der Waals surface area contributed by atoms with Crippen molar-refractivity contribution < 1.29 is 14.6 Å². The number of methoxy groups -OCH3 is 1. The number of hydrogen-bond donors (Lipinski definition) is 2. The molecule has 2 rings (SSSR count). The monoisotopic (exact) mass is 295 g/mol. The first-order valence-electron chi connectivity index (χ1n) is 6.86. The molecule has 2 N–H and O–H groups in total. The predicted molar refractivity (Wildman–Crippen MR) is 80.1 cm³/mol. The number of aliphatic hydroxyl groups is 1. The van der Waals surface area contributed by atoms with Gasteiger partial charge in [-0.3, -0.25) is 4.79 Å². The van der Waals surface area contributed by atoms with Gasteiger partial charge in [0, 0.05) is 4.90 Å². The Hall–Kier alpha value is -1.20. The van der Waals surface area contributed by atoms with Crippen LogP contribution in [-0.4, -0.2) is 36.0 Å². The maximum atomic E-state index is 12.0. The van der Waals surface area contributed by atoms with Gasteiger partial charge in [0.2, 0.25) is 5.91 Å². The fourth-order valence-corrected chi connectivity index (χ4v) is 3.23. The summed E-state index contributed by atoms with van der Waals surface area (Å²) < 4.78 is 5.09. The molecule has 0 saturated heterocycles. The van der Waals surface area contributed by atoms with Gasteiger partial charge in [-0.05, 0) is 37.1 Å². The molecule has 1 aliphatic rings. The molecule has 0 bridgehead atoms. The number of rotatable bonds is 6. The molecule has 0 aliphatic heterocycles. The molecular weight excluding hydrogens is 274 g/mol. The van der Waals surface area contributed by atoms with E-state index < -0.39 is 0 Å². The Morgan fingerprint density at radius 2 is 2.00 bits per heavy atom. The van der Waals surface area contributed by atoms with E-state index in [-0.39, 0.29) is 18.1 Å². The molecule has 0 aromatic heterocycles. The van der Waals surface area contributed by atoms with Crippen LogP contribution in [0, 0.1) is 0 Å². The summed E-state index contributed by atoms with van der Waals surface area (Å²) in [6.07, 6.45) is 3.91. The Bertz CT molecular complexity index is 441. The van der Waals surface area contributed by atoms with Crippen LogP contribution in [0.4, 0.5) is 0 Å². The number of nitrogens with one attached hydrogen (secondary N) is 1. The maximum Gasteiger partial charge on any atom is 0.230 e. The van der Waals surface area contributed by atoms with Gasteiger partial charge in [0.05, 0.1) is 25.0 Å². The van der Waals surface area contributed by atoms with Crippen LogP contribution in [0.1, 0.15) is 25.7 Å². The standard InChI is InChI=1S/C15H21NO3S/c1-19-12-4-6-13(7-5-12)20-10-14(18)16-15(11-17)8-2-3-9-15/h4-7,17H,2-3,8-11H2,1H3,(H,16,18). The van der Waals surface area contributed by atoms with Gasteiger partial charge in [0.1, 0.15) is 5.75 Å². The molecule has 1 aliphatic carbocycles. The van der Waals surface area contributed by atoms with E-state index in [9.17, 15) is 9.90 Å². The van der Waals surface area contributed by atoms with E-state index in [4.69, 9.17) is 4.74 Å². The largest absolute Gasteiger partial charge is 0.497 e. The third kappa shape index (κ3) is 3.90. The van der Waals surface area contributed by atoms with E-state index in [1.807, 2.05) is 24.3 Å². The lowest BCUT2D eigenvalue weighted by atomic mass is 9.99. The minimum Gasteiger partial charge on any atom is -0.497 e. The molecular formula is C15H21NO3S. The zero-order chi connectivity index (χ0) is 14.4. The molecule has 1 aromatic carbocycles. The quantitative estimate of drug-likeness (QED) is 0.790. The normalized spacial score (nSPS) is 16.9. The van der Waals surface area contributed by atoms with Gasteiger partial charge in [0.25, 0.3) is 0 Å². The van der Waals surface area contributed by atoms with Crippen LogP contribution in [0.5, 0.6) is 5.75 Å². The summed E-state index contributed by atoms with van der Waals surface area (Å²) in [7, 11) is 1.63. The highest BCUT2D eigenvalue weighted by molar-refractivity contribution is 8.00. The van der Waals surface area contributed by atoms with E-state index in [1.54, 1.807) is 7.11 Å². The van der Waals surface area contributed by atoms with Gasteiger partial charge >= 0.3 is 0 Å². The first-order valence-corrected chi connectivity index (χ1v) is 7.85. The summed E-state index contributed by atoms with van der Waals surface area (Å²) >= 11 is 1.49.